The highest BCUT2D eigenvalue weighted by molar-refractivity contribution is 5.47. The first kappa shape index (κ1) is 15.0. The van der Waals surface area contributed by atoms with Gasteiger partial charge in [-0.1, -0.05) is 6.07 Å². The van der Waals surface area contributed by atoms with Gasteiger partial charge < -0.3 is 10.2 Å². The van der Waals surface area contributed by atoms with E-state index in [-0.39, 0.29) is 5.54 Å². The lowest BCUT2D eigenvalue weighted by atomic mass is 10.1. The Morgan fingerprint density at radius 1 is 1.33 bits per heavy atom. The van der Waals surface area contributed by atoms with Crippen LogP contribution in [0.5, 0.6) is 0 Å². The van der Waals surface area contributed by atoms with Crippen LogP contribution in [0.4, 0.5) is 5.82 Å². The van der Waals surface area contributed by atoms with Gasteiger partial charge in [-0.05, 0) is 47.6 Å². The highest BCUT2D eigenvalue weighted by atomic mass is 15.2. The number of rotatable bonds is 5. The van der Waals surface area contributed by atoms with Crippen molar-refractivity contribution in [1.29, 1.82) is 0 Å². The van der Waals surface area contributed by atoms with E-state index in [2.05, 4.69) is 62.8 Å². The minimum Gasteiger partial charge on any atom is -0.354 e. The Balaban J connectivity index is 2.91. The molecule has 102 valence electrons. The molecule has 0 unspecified atom stereocenters. The quantitative estimate of drug-likeness (QED) is 0.868. The summed E-state index contributed by atoms with van der Waals surface area (Å²) in [5, 5.41) is 3.53. The maximum atomic E-state index is 4.56. The average molecular weight is 249 g/mol. The molecule has 0 radical (unpaired) electrons. The molecule has 1 aromatic heterocycles. The Morgan fingerprint density at radius 2 is 2.00 bits per heavy atom. The zero-order valence-electron chi connectivity index (χ0n) is 12.6. The Labute approximate surface area is 112 Å². The fourth-order valence-corrected chi connectivity index (χ4v) is 1.95. The van der Waals surface area contributed by atoms with Crippen molar-refractivity contribution in [3.8, 4) is 0 Å². The van der Waals surface area contributed by atoms with Gasteiger partial charge in [0.25, 0.3) is 0 Å². The first-order valence-electron chi connectivity index (χ1n) is 6.80. The minimum atomic E-state index is 0.127. The summed E-state index contributed by atoms with van der Waals surface area (Å²) >= 11 is 0. The van der Waals surface area contributed by atoms with Crippen LogP contribution < -0.4 is 10.2 Å². The summed E-state index contributed by atoms with van der Waals surface area (Å²) in [6, 6.07) is 4.64. The third-order valence-electron chi connectivity index (χ3n) is 2.91. The summed E-state index contributed by atoms with van der Waals surface area (Å²) < 4.78 is 0. The largest absolute Gasteiger partial charge is 0.354 e. The molecular weight excluding hydrogens is 222 g/mol. The van der Waals surface area contributed by atoms with Crippen molar-refractivity contribution in [2.75, 3.05) is 11.4 Å². The summed E-state index contributed by atoms with van der Waals surface area (Å²) in [5.41, 5.74) is 1.39. The lowest BCUT2D eigenvalue weighted by Gasteiger charge is -2.29. The van der Waals surface area contributed by atoms with Crippen molar-refractivity contribution in [3.63, 3.8) is 0 Å². The van der Waals surface area contributed by atoms with Crippen molar-refractivity contribution in [1.82, 2.24) is 10.3 Å². The number of hydrogen-bond acceptors (Lipinski definition) is 3. The van der Waals surface area contributed by atoms with E-state index in [1.807, 2.05) is 12.3 Å². The molecule has 0 saturated heterocycles. The van der Waals surface area contributed by atoms with Crippen molar-refractivity contribution >= 4 is 5.82 Å². The second-order valence-corrected chi connectivity index (χ2v) is 5.97. The summed E-state index contributed by atoms with van der Waals surface area (Å²) in [4.78, 5) is 6.89. The second kappa shape index (κ2) is 6.19. The molecule has 0 bridgehead atoms. The first-order chi connectivity index (χ1) is 8.35. The van der Waals surface area contributed by atoms with Crippen LogP contribution in [0.1, 0.15) is 47.1 Å². The van der Waals surface area contributed by atoms with E-state index < -0.39 is 0 Å². The summed E-state index contributed by atoms with van der Waals surface area (Å²) in [5.74, 6) is 1.10. The Hall–Kier alpha value is -1.09. The van der Waals surface area contributed by atoms with Crippen molar-refractivity contribution in [3.05, 3.63) is 23.9 Å². The number of nitrogens with zero attached hydrogens (tertiary/aromatic N) is 2. The van der Waals surface area contributed by atoms with Crippen LogP contribution in [0.3, 0.4) is 0 Å². The van der Waals surface area contributed by atoms with E-state index in [1.165, 1.54) is 5.56 Å². The van der Waals surface area contributed by atoms with Gasteiger partial charge in [-0.3, -0.25) is 0 Å². The van der Waals surface area contributed by atoms with Crippen LogP contribution in [0.25, 0.3) is 0 Å². The molecule has 0 aliphatic carbocycles. The van der Waals surface area contributed by atoms with Crippen molar-refractivity contribution in [2.24, 2.45) is 0 Å². The van der Waals surface area contributed by atoms with Crippen LogP contribution in [-0.2, 0) is 6.54 Å². The highest BCUT2D eigenvalue weighted by Gasteiger charge is 2.15. The third-order valence-corrected chi connectivity index (χ3v) is 2.91. The highest BCUT2D eigenvalue weighted by Crippen LogP contribution is 2.19. The average Bonchev–Trinajstić information content (AvgIpc) is 2.27. The SMILES string of the molecule is CCN(c1ncccc1CNC(C)(C)C)C(C)C. The Kier molecular flexibility index (Phi) is 5.15. The van der Waals surface area contributed by atoms with Gasteiger partial charge in [-0.15, -0.1) is 0 Å². The number of pyridine rings is 1. The lowest BCUT2D eigenvalue weighted by Crippen LogP contribution is -2.37. The molecule has 0 aliphatic rings. The van der Waals surface area contributed by atoms with Gasteiger partial charge in [0.1, 0.15) is 5.82 Å². The maximum Gasteiger partial charge on any atom is 0.133 e. The van der Waals surface area contributed by atoms with Crippen LogP contribution in [0, 0.1) is 0 Å². The fourth-order valence-electron chi connectivity index (χ4n) is 1.95. The summed E-state index contributed by atoms with van der Waals surface area (Å²) in [6.07, 6.45) is 1.88. The van der Waals surface area contributed by atoms with Crippen LogP contribution in [0.15, 0.2) is 18.3 Å². The van der Waals surface area contributed by atoms with Crippen LogP contribution >= 0.6 is 0 Å². The third kappa shape index (κ3) is 4.30. The second-order valence-electron chi connectivity index (χ2n) is 5.97. The van der Waals surface area contributed by atoms with Crippen LogP contribution in [-0.4, -0.2) is 23.1 Å². The molecule has 1 heterocycles. The van der Waals surface area contributed by atoms with E-state index in [4.69, 9.17) is 0 Å². The lowest BCUT2D eigenvalue weighted by molar-refractivity contribution is 0.423. The maximum absolute atomic E-state index is 4.56. The van der Waals surface area contributed by atoms with Gasteiger partial charge in [-0.2, -0.15) is 0 Å². The van der Waals surface area contributed by atoms with E-state index >= 15 is 0 Å². The molecule has 0 amide bonds. The van der Waals surface area contributed by atoms with Crippen molar-refractivity contribution < 1.29 is 0 Å². The molecule has 1 N–H and O–H groups in total. The molecule has 3 heteroatoms. The van der Waals surface area contributed by atoms with E-state index in [0.29, 0.717) is 6.04 Å². The Bertz CT molecular complexity index is 366. The molecule has 0 fully saturated rings. The van der Waals surface area contributed by atoms with Gasteiger partial charge in [0.15, 0.2) is 0 Å². The minimum absolute atomic E-state index is 0.127. The summed E-state index contributed by atoms with van der Waals surface area (Å²) in [7, 11) is 0. The van der Waals surface area contributed by atoms with Gasteiger partial charge in [-0.25, -0.2) is 4.98 Å². The summed E-state index contributed by atoms with van der Waals surface area (Å²) in [6.45, 7) is 15.0. The van der Waals surface area contributed by atoms with E-state index in [9.17, 15) is 0 Å². The zero-order chi connectivity index (χ0) is 13.8. The zero-order valence-corrected chi connectivity index (χ0v) is 12.6. The smallest absolute Gasteiger partial charge is 0.133 e. The predicted octanol–water partition coefficient (Wildman–Crippen LogP) is 3.20. The number of anilines is 1. The number of aromatic nitrogens is 1. The van der Waals surface area contributed by atoms with E-state index in [0.717, 1.165) is 18.9 Å². The molecule has 0 saturated carbocycles. The Morgan fingerprint density at radius 3 is 2.50 bits per heavy atom. The molecule has 1 rings (SSSR count). The van der Waals surface area contributed by atoms with Gasteiger partial charge in [0.05, 0.1) is 0 Å². The molecule has 0 aliphatic heterocycles. The number of hydrogen-bond donors (Lipinski definition) is 1. The normalized spacial score (nSPS) is 11.9. The molecule has 0 spiro atoms. The van der Waals surface area contributed by atoms with Gasteiger partial charge in [0.2, 0.25) is 0 Å². The molecule has 18 heavy (non-hydrogen) atoms. The molecule has 0 aromatic carbocycles. The molecular formula is C15H27N3. The van der Waals surface area contributed by atoms with Gasteiger partial charge >= 0.3 is 0 Å². The fraction of sp³-hybridized carbons (Fsp3) is 0.667. The molecule has 0 atom stereocenters. The monoisotopic (exact) mass is 249 g/mol. The van der Waals surface area contributed by atoms with Crippen molar-refractivity contribution in [2.45, 2.75) is 59.7 Å². The first-order valence-corrected chi connectivity index (χ1v) is 6.80. The van der Waals surface area contributed by atoms with Crippen LogP contribution in [0.2, 0.25) is 0 Å². The topological polar surface area (TPSA) is 28.2 Å². The number of nitrogens with one attached hydrogen (secondary N) is 1. The standard InChI is InChI=1S/C15H27N3/c1-7-18(12(2)3)14-13(9-8-10-16-14)11-17-15(4,5)6/h8-10,12,17H,7,11H2,1-6H3. The molecule has 1 aromatic rings. The predicted molar refractivity (Wildman–Crippen MR) is 79.0 cm³/mol. The van der Waals surface area contributed by atoms with E-state index in [1.54, 1.807) is 0 Å². The van der Waals surface area contributed by atoms with Gasteiger partial charge in [0, 0.05) is 36.4 Å². The molecule has 3 nitrogen and oxygen atoms in total.